The van der Waals surface area contributed by atoms with Gasteiger partial charge in [0.05, 0.1) is 12.4 Å². The lowest BCUT2D eigenvalue weighted by atomic mass is 10.1. The lowest BCUT2D eigenvalue weighted by molar-refractivity contribution is 0.0508. The first-order chi connectivity index (χ1) is 14.1. The van der Waals surface area contributed by atoms with E-state index in [9.17, 15) is 4.79 Å². The number of hydrogen-bond donors (Lipinski definition) is 1. The van der Waals surface area contributed by atoms with Crippen molar-refractivity contribution >= 4 is 50.4 Å². The molecular formula is C21H22ClN5O2S. The molecule has 3 aromatic heterocycles. The van der Waals surface area contributed by atoms with Crippen LogP contribution in [0.3, 0.4) is 0 Å². The summed E-state index contributed by atoms with van der Waals surface area (Å²) in [4.78, 5) is 26.5. The number of nitrogens with one attached hydrogen (secondary N) is 1. The number of thiazole rings is 1. The fraction of sp³-hybridized carbons (Fsp3) is 0.333. The topological polar surface area (TPSA) is 81.9 Å². The highest BCUT2D eigenvalue weighted by Crippen LogP contribution is 2.35. The van der Waals surface area contributed by atoms with Crippen molar-refractivity contribution < 1.29 is 9.53 Å². The second-order valence-corrected chi connectivity index (χ2v) is 9.46. The maximum absolute atomic E-state index is 12.1. The van der Waals surface area contributed by atoms with Crippen LogP contribution in [0.15, 0.2) is 30.6 Å². The highest BCUT2D eigenvalue weighted by Gasteiger charge is 2.20. The van der Waals surface area contributed by atoms with Crippen LogP contribution in [0.2, 0.25) is 5.15 Å². The molecule has 0 aliphatic carbocycles. The molecule has 0 saturated carbocycles. The molecule has 1 N–H and O–H groups in total. The third-order valence-corrected chi connectivity index (χ3v) is 5.79. The molecule has 1 atom stereocenters. The number of halogens is 1. The monoisotopic (exact) mass is 443 g/mol. The van der Waals surface area contributed by atoms with Crippen molar-refractivity contribution in [1.82, 2.24) is 24.8 Å². The van der Waals surface area contributed by atoms with E-state index in [1.54, 1.807) is 6.33 Å². The van der Waals surface area contributed by atoms with Crippen LogP contribution < -0.4 is 5.32 Å². The highest BCUT2D eigenvalue weighted by atomic mass is 35.5. The Morgan fingerprint density at radius 3 is 2.77 bits per heavy atom. The van der Waals surface area contributed by atoms with E-state index in [1.165, 1.54) is 11.3 Å². The fourth-order valence-corrected chi connectivity index (χ4v) is 4.39. The average molecular weight is 444 g/mol. The summed E-state index contributed by atoms with van der Waals surface area (Å²) in [6.07, 6.45) is 1.26. The molecule has 156 valence electrons. The molecule has 1 unspecified atom stereocenters. The predicted octanol–water partition coefficient (Wildman–Crippen LogP) is 5.48. The molecule has 1 amide bonds. The van der Waals surface area contributed by atoms with E-state index < -0.39 is 11.7 Å². The van der Waals surface area contributed by atoms with Crippen LogP contribution in [-0.2, 0) is 11.8 Å². The number of imidazole rings is 1. The van der Waals surface area contributed by atoms with Gasteiger partial charge in [0.2, 0.25) is 0 Å². The van der Waals surface area contributed by atoms with Gasteiger partial charge < -0.3 is 14.6 Å². The van der Waals surface area contributed by atoms with Crippen LogP contribution in [0.25, 0.3) is 32.0 Å². The molecular weight excluding hydrogens is 422 g/mol. The summed E-state index contributed by atoms with van der Waals surface area (Å²) < 4.78 is 7.25. The maximum Gasteiger partial charge on any atom is 0.408 e. The molecule has 9 heteroatoms. The minimum atomic E-state index is -0.544. The highest BCUT2D eigenvalue weighted by molar-refractivity contribution is 7.21. The summed E-state index contributed by atoms with van der Waals surface area (Å²) in [6.45, 7) is 7.43. The van der Waals surface area contributed by atoms with Crippen molar-refractivity contribution in [3.05, 3.63) is 41.3 Å². The van der Waals surface area contributed by atoms with Gasteiger partial charge in [-0.3, -0.25) is 0 Å². The summed E-state index contributed by atoms with van der Waals surface area (Å²) >= 11 is 7.78. The predicted molar refractivity (Wildman–Crippen MR) is 120 cm³/mol. The Labute approximate surface area is 183 Å². The van der Waals surface area contributed by atoms with Crippen molar-refractivity contribution in [2.24, 2.45) is 7.05 Å². The normalized spacial score (nSPS) is 13.0. The second kappa shape index (κ2) is 7.52. The number of ether oxygens (including phenoxy) is 1. The Kier molecular flexibility index (Phi) is 5.15. The van der Waals surface area contributed by atoms with Gasteiger partial charge in [0.1, 0.15) is 32.0 Å². The van der Waals surface area contributed by atoms with Crippen LogP contribution in [-0.4, -0.2) is 31.2 Å². The van der Waals surface area contributed by atoms with E-state index in [2.05, 4.69) is 15.3 Å². The number of fused-ring (bicyclic) bond motifs is 3. The Bertz CT molecular complexity index is 1260. The van der Waals surface area contributed by atoms with Crippen molar-refractivity contribution in [2.75, 3.05) is 0 Å². The number of rotatable bonds is 3. The molecule has 7 nitrogen and oxygen atoms in total. The molecule has 0 fully saturated rings. The molecule has 0 bridgehead atoms. The zero-order chi connectivity index (χ0) is 21.6. The van der Waals surface area contributed by atoms with Crippen molar-refractivity contribution in [3.8, 4) is 10.6 Å². The van der Waals surface area contributed by atoms with Gasteiger partial charge in [0.25, 0.3) is 0 Å². The smallest absolute Gasteiger partial charge is 0.408 e. The van der Waals surface area contributed by atoms with Gasteiger partial charge in [-0.1, -0.05) is 41.1 Å². The minimum Gasteiger partial charge on any atom is -0.444 e. The molecule has 4 rings (SSSR count). The second-order valence-electron chi connectivity index (χ2n) is 8.12. The SMILES string of the molecule is CC(NC(=O)OC(C)(C)C)c1cccc(-c2nc3c(nc(Cl)c4ncn(C)c43)s2)c1. The van der Waals surface area contributed by atoms with Crippen molar-refractivity contribution in [2.45, 2.75) is 39.3 Å². The first-order valence-corrected chi connectivity index (χ1v) is 10.7. The van der Waals surface area contributed by atoms with Crippen molar-refractivity contribution in [1.29, 1.82) is 0 Å². The van der Waals surface area contributed by atoms with E-state index in [0.29, 0.717) is 10.7 Å². The van der Waals surface area contributed by atoms with E-state index in [1.807, 2.05) is 63.6 Å². The van der Waals surface area contributed by atoms with Gasteiger partial charge in [-0.2, -0.15) is 0 Å². The standard InChI is InChI=1S/C21H22ClN5O2S/c1-11(24-20(28)29-21(2,3)4)12-7-6-8-13(9-12)18-25-15-16-14(23-10-27(16)5)17(22)26-19(15)30-18/h6-11H,1-5H3,(H,24,28). The zero-order valence-electron chi connectivity index (χ0n) is 17.4. The molecule has 0 saturated heterocycles. The van der Waals surface area contributed by atoms with Crippen LogP contribution in [0.5, 0.6) is 0 Å². The zero-order valence-corrected chi connectivity index (χ0v) is 18.9. The quantitative estimate of drug-likeness (QED) is 0.423. The van der Waals surface area contributed by atoms with Crippen LogP contribution in [0, 0.1) is 0 Å². The summed E-state index contributed by atoms with van der Waals surface area (Å²) in [6, 6.07) is 7.70. The van der Waals surface area contributed by atoms with E-state index in [-0.39, 0.29) is 6.04 Å². The number of carbonyl (C=O) groups excluding carboxylic acids is 1. The number of aryl methyl sites for hydroxylation is 1. The fourth-order valence-electron chi connectivity index (χ4n) is 3.18. The number of aromatic nitrogens is 4. The van der Waals surface area contributed by atoms with Crippen LogP contribution >= 0.6 is 22.9 Å². The Hall–Kier alpha value is -2.71. The lowest BCUT2D eigenvalue weighted by Gasteiger charge is -2.22. The van der Waals surface area contributed by atoms with E-state index >= 15 is 0 Å². The molecule has 0 aliphatic heterocycles. The first-order valence-electron chi connectivity index (χ1n) is 9.49. The lowest BCUT2D eigenvalue weighted by Crippen LogP contribution is -2.34. The molecule has 30 heavy (non-hydrogen) atoms. The molecule has 4 aromatic rings. The first kappa shape index (κ1) is 20.6. The van der Waals surface area contributed by atoms with Gasteiger partial charge in [-0.05, 0) is 39.3 Å². The van der Waals surface area contributed by atoms with Gasteiger partial charge in [0, 0.05) is 12.6 Å². The number of alkyl carbamates (subject to hydrolysis) is 1. The van der Waals surface area contributed by atoms with Gasteiger partial charge >= 0.3 is 6.09 Å². The summed E-state index contributed by atoms with van der Waals surface area (Å²) in [5.74, 6) is 0. The Morgan fingerprint density at radius 2 is 2.03 bits per heavy atom. The largest absolute Gasteiger partial charge is 0.444 e. The Morgan fingerprint density at radius 1 is 1.27 bits per heavy atom. The number of amides is 1. The Balaban J connectivity index is 1.67. The molecule has 0 radical (unpaired) electrons. The number of benzene rings is 1. The molecule has 0 aliphatic rings. The molecule has 0 spiro atoms. The van der Waals surface area contributed by atoms with Gasteiger partial charge in [0.15, 0.2) is 5.15 Å². The summed E-state index contributed by atoms with van der Waals surface area (Å²) in [5.41, 5.74) is 3.64. The molecule has 1 aromatic carbocycles. The van der Waals surface area contributed by atoms with Gasteiger partial charge in [-0.15, -0.1) is 0 Å². The summed E-state index contributed by atoms with van der Waals surface area (Å²) in [5, 5.41) is 4.07. The van der Waals surface area contributed by atoms with E-state index in [0.717, 1.165) is 32.0 Å². The van der Waals surface area contributed by atoms with E-state index in [4.69, 9.17) is 21.3 Å². The van der Waals surface area contributed by atoms with Gasteiger partial charge in [-0.25, -0.2) is 19.7 Å². The summed E-state index contributed by atoms with van der Waals surface area (Å²) in [7, 11) is 1.91. The number of hydrogen-bond acceptors (Lipinski definition) is 6. The average Bonchev–Trinajstić information content (AvgIpc) is 3.24. The third kappa shape index (κ3) is 3.97. The number of nitrogens with zero attached hydrogens (tertiary/aromatic N) is 4. The van der Waals surface area contributed by atoms with Crippen LogP contribution in [0.4, 0.5) is 4.79 Å². The van der Waals surface area contributed by atoms with Crippen molar-refractivity contribution in [3.63, 3.8) is 0 Å². The van der Waals surface area contributed by atoms with Crippen LogP contribution in [0.1, 0.15) is 39.3 Å². The maximum atomic E-state index is 12.1. The number of pyridine rings is 1. The molecule has 3 heterocycles. The number of carbonyl (C=O) groups is 1. The third-order valence-electron chi connectivity index (χ3n) is 4.53. The minimum absolute atomic E-state index is 0.217.